The maximum Gasteiger partial charge on any atom is 0.335 e. The predicted molar refractivity (Wildman–Crippen MR) is 161 cm³/mol. The molecule has 0 bridgehead atoms. The van der Waals surface area contributed by atoms with Crippen molar-refractivity contribution >= 4 is 33.0 Å². The van der Waals surface area contributed by atoms with Crippen LogP contribution in [0.2, 0.25) is 0 Å². The molecule has 1 saturated carbocycles. The lowest BCUT2D eigenvalue weighted by atomic mass is 9.81. The summed E-state index contributed by atoms with van der Waals surface area (Å²) in [5.74, 6) is -0.279. The average molecular weight is 601 g/mol. The molecule has 1 aliphatic rings. The van der Waals surface area contributed by atoms with Crippen LogP contribution in [0.25, 0.3) is 22.2 Å². The molecule has 1 aliphatic carbocycles. The number of carboxylic acids is 1. The predicted octanol–water partition coefficient (Wildman–Crippen LogP) is 3.58. The summed E-state index contributed by atoms with van der Waals surface area (Å²) >= 11 is 0. The van der Waals surface area contributed by atoms with Crippen LogP contribution in [0.1, 0.15) is 53.9 Å². The fourth-order valence-electron chi connectivity index (χ4n) is 5.52. The van der Waals surface area contributed by atoms with E-state index in [0.29, 0.717) is 18.2 Å². The van der Waals surface area contributed by atoms with Crippen molar-refractivity contribution in [3.8, 4) is 17.0 Å². The molecule has 1 amide bonds. The molecule has 3 N–H and O–H groups in total. The molecule has 0 unspecified atom stereocenters. The summed E-state index contributed by atoms with van der Waals surface area (Å²) < 4.78 is 37.1. The molecule has 42 heavy (non-hydrogen) atoms. The number of para-hydroxylation sites is 1. The fraction of sp³-hybridized carbons (Fsp3) is 0.467. The van der Waals surface area contributed by atoms with Gasteiger partial charge in [0, 0.05) is 50.7 Å². The van der Waals surface area contributed by atoms with Gasteiger partial charge in [-0.2, -0.15) is 12.7 Å². The Kier molecular flexibility index (Phi) is 10.3. The smallest absolute Gasteiger partial charge is 0.335 e. The van der Waals surface area contributed by atoms with Crippen molar-refractivity contribution in [1.29, 1.82) is 0 Å². The molecule has 4 rings (SSSR count). The zero-order chi connectivity index (χ0) is 30.4. The van der Waals surface area contributed by atoms with E-state index in [2.05, 4.69) is 0 Å². The first kappa shape index (κ1) is 31.5. The van der Waals surface area contributed by atoms with E-state index in [1.165, 1.54) is 23.9 Å². The molecular formula is C30H40N4O7S. The van der Waals surface area contributed by atoms with Crippen LogP contribution in [0.3, 0.4) is 0 Å². The molecule has 12 heteroatoms. The van der Waals surface area contributed by atoms with E-state index in [0.717, 1.165) is 52.1 Å². The summed E-state index contributed by atoms with van der Waals surface area (Å²) in [5, 5.41) is 15.7. The molecule has 0 radical (unpaired) electrons. The molecule has 0 saturated heterocycles. The SMILES string of the molecule is CN(CCOCCN(C)S(N)(=O)=O)C(=O)COc1ccccc1-c1c(C2CCCCC2)c2ccc(C(=O)O)cc2n1C. The van der Waals surface area contributed by atoms with E-state index < -0.39 is 16.2 Å². The first-order valence-corrected chi connectivity index (χ1v) is 15.6. The van der Waals surface area contributed by atoms with Crippen molar-refractivity contribution in [3.63, 3.8) is 0 Å². The second kappa shape index (κ2) is 13.7. The van der Waals surface area contributed by atoms with Crippen LogP contribution in [0.4, 0.5) is 0 Å². The molecule has 2 aromatic carbocycles. The Morgan fingerprint density at radius 1 is 1.05 bits per heavy atom. The number of rotatable bonds is 13. The van der Waals surface area contributed by atoms with Crippen LogP contribution >= 0.6 is 0 Å². The molecular weight excluding hydrogens is 560 g/mol. The fourth-order valence-corrected chi connectivity index (χ4v) is 5.84. The largest absolute Gasteiger partial charge is 0.483 e. The lowest BCUT2D eigenvalue weighted by molar-refractivity contribution is -0.132. The molecule has 228 valence electrons. The maximum atomic E-state index is 12.9. The lowest BCUT2D eigenvalue weighted by Gasteiger charge is -2.24. The molecule has 1 fully saturated rings. The second-order valence-corrected chi connectivity index (χ2v) is 12.4. The number of aromatic carboxylic acids is 1. The molecule has 1 aromatic heterocycles. The van der Waals surface area contributed by atoms with Gasteiger partial charge in [0.05, 0.1) is 24.5 Å². The van der Waals surface area contributed by atoms with Gasteiger partial charge in [-0.05, 0) is 48.6 Å². The topological polar surface area (TPSA) is 144 Å². The Morgan fingerprint density at radius 2 is 1.74 bits per heavy atom. The number of likely N-dealkylation sites (N-methyl/N-ethyl adjacent to an activating group) is 2. The number of benzene rings is 2. The van der Waals surface area contributed by atoms with Crippen molar-refractivity contribution in [3.05, 3.63) is 53.6 Å². The Labute approximate surface area is 247 Å². The van der Waals surface area contributed by atoms with E-state index >= 15 is 0 Å². The Morgan fingerprint density at radius 3 is 2.43 bits per heavy atom. The zero-order valence-electron chi connectivity index (χ0n) is 24.4. The van der Waals surface area contributed by atoms with Crippen LogP contribution in [-0.2, 0) is 26.8 Å². The van der Waals surface area contributed by atoms with Gasteiger partial charge in [-0.1, -0.05) is 37.5 Å². The van der Waals surface area contributed by atoms with E-state index in [4.69, 9.17) is 14.6 Å². The standard InChI is InChI=1S/C30H40N4O7S/c1-32(15-17-40-18-16-33(2)42(31,38)39)27(35)20-41-26-12-8-7-11-24(26)29-28(21-9-5-4-6-10-21)23-14-13-22(30(36)37)19-25(23)34(29)3/h7-8,11-14,19,21H,4-6,9-10,15-18,20H2,1-3H3,(H,36,37)(H2,31,38,39). The van der Waals surface area contributed by atoms with Crippen LogP contribution in [0.15, 0.2) is 42.5 Å². The van der Waals surface area contributed by atoms with Gasteiger partial charge in [-0.3, -0.25) is 4.79 Å². The summed E-state index contributed by atoms with van der Waals surface area (Å²) in [5.41, 5.74) is 4.13. The number of ether oxygens (including phenoxy) is 2. The Balaban J connectivity index is 1.51. The third-order valence-corrected chi connectivity index (χ3v) is 9.03. The van der Waals surface area contributed by atoms with Gasteiger partial charge in [0.1, 0.15) is 5.75 Å². The van der Waals surface area contributed by atoms with E-state index in [1.54, 1.807) is 19.2 Å². The second-order valence-electron chi connectivity index (χ2n) is 10.8. The monoisotopic (exact) mass is 600 g/mol. The summed E-state index contributed by atoms with van der Waals surface area (Å²) in [6.45, 7) is 0.639. The number of carbonyl (C=O) groups excluding carboxylic acids is 1. The summed E-state index contributed by atoms with van der Waals surface area (Å²) in [6.07, 6.45) is 5.66. The first-order valence-electron chi connectivity index (χ1n) is 14.1. The highest BCUT2D eigenvalue weighted by molar-refractivity contribution is 7.86. The maximum absolute atomic E-state index is 12.9. The molecule has 1 heterocycles. The highest BCUT2D eigenvalue weighted by atomic mass is 32.2. The third-order valence-electron chi connectivity index (χ3n) is 7.98. The minimum atomic E-state index is -3.76. The number of hydrogen-bond acceptors (Lipinski definition) is 6. The molecule has 3 aromatic rings. The number of aromatic nitrogens is 1. The number of fused-ring (bicyclic) bond motifs is 1. The molecule has 0 atom stereocenters. The van der Waals surface area contributed by atoms with Gasteiger partial charge < -0.3 is 24.0 Å². The van der Waals surface area contributed by atoms with E-state index in [1.807, 2.05) is 41.9 Å². The number of nitrogens with two attached hydrogens (primary N) is 1. The summed E-state index contributed by atoms with van der Waals surface area (Å²) in [7, 11) is 1.22. The molecule has 11 nitrogen and oxygen atoms in total. The number of amides is 1. The minimum Gasteiger partial charge on any atom is -0.483 e. The number of nitrogens with zero attached hydrogens (tertiary/aromatic N) is 3. The third kappa shape index (κ3) is 7.30. The number of hydrogen-bond donors (Lipinski definition) is 2. The van der Waals surface area contributed by atoms with Crippen molar-refractivity contribution in [2.45, 2.75) is 38.0 Å². The van der Waals surface area contributed by atoms with Crippen LogP contribution in [-0.4, -0.2) is 86.2 Å². The normalized spacial score (nSPS) is 14.4. The van der Waals surface area contributed by atoms with Gasteiger partial charge in [0.15, 0.2) is 6.61 Å². The number of aryl methyl sites for hydroxylation is 1. The van der Waals surface area contributed by atoms with Crippen LogP contribution < -0.4 is 9.88 Å². The highest BCUT2D eigenvalue weighted by Gasteiger charge is 2.27. The van der Waals surface area contributed by atoms with Gasteiger partial charge in [-0.25, -0.2) is 9.93 Å². The van der Waals surface area contributed by atoms with E-state index in [-0.39, 0.29) is 37.8 Å². The van der Waals surface area contributed by atoms with Crippen molar-refractivity contribution in [1.82, 2.24) is 13.8 Å². The van der Waals surface area contributed by atoms with Crippen LogP contribution in [0, 0.1) is 0 Å². The van der Waals surface area contributed by atoms with Crippen molar-refractivity contribution in [2.75, 3.05) is 47.0 Å². The zero-order valence-corrected chi connectivity index (χ0v) is 25.2. The minimum absolute atomic E-state index is 0.116. The van der Waals surface area contributed by atoms with Gasteiger partial charge in [-0.15, -0.1) is 0 Å². The Hall–Kier alpha value is -3.45. The average Bonchev–Trinajstić information content (AvgIpc) is 3.26. The van der Waals surface area contributed by atoms with Gasteiger partial charge in [0.25, 0.3) is 16.1 Å². The Bertz CT molecular complexity index is 1530. The molecule has 0 spiro atoms. The van der Waals surface area contributed by atoms with Gasteiger partial charge in [0.2, 0.25) is 0 Å². The van der Waals surface area contributed by atoms with Gasteiger partial charge >= 0.3 is 5.97 Å². The summed E-state index contributed by atoms with van der Waals surface area (Å²) in [6, 6.07) is 12.9. The number of carboxylic acid groups (broad SMARTS) is 1. The quantitative estimate of drug-likeness (QED) is 0.285. The highest BCUT2D eigenvalue weighted by Crippen LogP contribution is 2.45. The van der Waals surface area contributed by atoms with Crippen molar-refractivity contribution < 1.29 is 32.6 Å². The lowest BCUT2D eigenvalue weighted by Crippen LogP contribution is -2.37. The first-order chi connectivity index (χ1) is 20.0. The molecule has 0 aliphatic heterocycles. The van der Waals surface area contributed by atoms with Crippen LogP contribution in [0.5, 0.6) is 5.75 Å². The van der Waals surface area contributed by atoms with Crippen molar-refractivity contribution in [2.24, 2.45) is 12.2 Å². The summed E-state index contributed by atoms with van der Waals surface area (Å²) in [4.78, 5) is 26.1. The number of carbonyl (C=O) groups is 2. The van der Waals surface area contributed by atoms with E-state index in [9.17, 15) is 23.1 Å².